The molecule has 0 saturated carbocycles. The van der Waals surface area contributed by atoms with Crippen LogP contribution in [0.5, 0.6) is 0 Å². The zero-order valence-electron chi connectivity index (χ0n) is 11.2. The molecule has 106 valence electrons. The van der Waals surface area contributed by atoms with Crippen LogP contribution in [0.3, 0.4) is 0 Å². The Balaban J connectivity index is 2.69. The number of nitrogens with zero attached hydrogens (tertiary/aromatic N) is 1. The normalized spacial score (nSPS) is 11.7. The minimum atomic E-state index is -1.04. The van der Waals surface area contributed by atoms with E-state index < -0.39 is 17.2 Å². The minimum Gasteiger partial charge on any atom is -0.477 e. The van der Waals surface area contributed by atoms with Crippen molar-refractivity contribution in [2.24, 2.45) is 0 Å². The topological polar surface area (TPSA) is 50.2 Å². The van der Waals surface area contributed by atoms with Gasteiger partial charge < -0.3 is 5.11 Å². The smallest absolute Gasteiger partial charge is 0.347 e. The van der Waals surface area contributed by atoms with Gasteiger partial charge in [0.05, 0.1) is 11.3 Å². The summed E-state index contributed by atoms with van der Waals surface area (Å²) in [6.07, 6.45) is 0. The van der Waals surface area contributed by atoms with E-state index in [0.29, 0.717) is 20.7 Å². The second-order valence-electron chi connectivity index (χ2n) is 5.35. The standard InChI is InChI=1S/C14H13BrFNO2S/c1-14(2,3)11-10(13(18)19)20-12(17-11)9-7(15)5-4-6-8(9)16/h4-6H,1-3H3,(H,18,19). The molecule has 1 aromatic carbocycles. The molecule has 0 atom stereocenters. The molecule has 0 amide bonds. The molecule has 0 unspecified atom stereocenters. The van der Waals surface area contributed by atoms with Gasteiger partial charge in [0, 0.05) is 9.89 Å². The number of carboxylic acids is 1. The van der Waals surface area contributed by atoms with E-state index in [0.717, 1.165) is 11.3 Å². The molecule has 0 aliphatic rings. The molecule has 0 spiro atoms. The summed E-state index contributed by atoms with van der Waals surface area (Å²) >= 11 is 4.28. The largest absolute Gasteiger partial charge is 0.477 e. The number of hydrogen-bond donors (Lipinski definition) is 1. The van der Waals surface area contributed by atoms with Gasteiger partial charge in [-0.1, -0.05) is 26.8 Å². The van der Waals surface area contributed by atoms with Crippen LogP contribution in [0.2, 0.25) is 0 Å². The molecule has 0 saturated heterocycles. The Morgan fingerprint density at radius 1 is 1.40 bits per heavy atom. The van der Waals surface area contributed by atoms with Crippen molar-refractivity contribution in [2.75, 3.05) is 0 Å². The summed E-state index contributed by atoms with van der Waals surface area (Å²) in [6.45, 7) is 5.65. The zero-order chi connectivity index (χ0) is 15.1. The van der Waals surface area contributed by atoms with Gasteiger partial charge in [-0.05, 0) is 28.1 Å². The lowest BCUT2D eigenvalue weighted by Crippen LogP contribution is -2.16. The Bertz CT molecular complexity index is 656. The van der Waals surface area contributed by atoms with Gasteiger partial charge in [0.25, 0.3) is 0 Å². The number of hydrogen-bond acceptors (Lipinski definition) is 3. The number of aromatic carboxylic acids is 1. The van der Waals surface area contributed by atoms with E-state index in [2.05, 4.69) is 20.9 Å². The number of benzene rings is 1. The maximum absolute atomic E-state index is 14.0. The van der Waals surface area contributed by atoms with E-state index in [4.69, 9.17) is 0 Å². The molecule has 2 aromatic rings. The van der Waals surface area contributed by atoms with Crippen molar-refractivity contribution < 1.29 is 14.3 Å². The molecule has 20 heavy (non-hydrogen) atoms. The van der Waals surface area contributed by atoms with Crippen LogP contribution in [0.15, 0.2) is 22.7 Å². The summed E-state index contributed by atoms with van der Waals surface area (Å²) in [5.74, 6) is -1.46. The summed E-state index contributed by atoms with van der Waals surface area (Å²) in [7, 11) is 0. The predicted octanol–water partition coefficient (Wildman–Crippen LogP) is 4.71. The van der Waals surface area contributed by atoms with E-state index in [1.54, 1.807) is 12.1 Å². The highest BCUT2D eigenvalue weighted by atomic mass is 79.9. The number of carboxylic acid groups (broad SMARTS) is 1. The van der Waals surface area contributed by atoms with Gasteiger partial charge in [-0.3, -0.25) is 0 Å². The minimum absolute atomic E-state index is 0.155. The van der Waals surface area contributed by atoms with Crippen LogP contribution < -0.4 is 0 Å². The van der Waals surface area contributed by atoms with Crippen LogP contribution >= 0.6 is 27.3 Å². The Kier molecular flexibility index (Phi) is 3.97. The summed E-state index contributed by atoms with van der Waals surface area (Å²) < 4.78 is 14.5. The van der Waals surface area contributed by atoms with Gasteiger partial charge in [0.1, 0.15) is 15.7 Å². The highest BCUT2D eigenvalue weighted by molar-refractivity contribution is 9.10. The summed E-state index contributed by atoms with van der Waals surface area (Å²) in [4.78, 5) is 15.9. The van der Waals surface area contributed by atoms with Gasteiger partial charge in [0.15, 0.2) is 0 Å². The molecule has 2 rings (SSSR count). The fourth-order valence-electron chi connectivity index (χ4n) is 1.78. The number of aromatic nitrogens is 1. The molecular weight excluding hydrogens is 345 g/mol. The molecule has 0 aliphatic heterocycles. The van der Waals surface area contributed by atoms with Crippen molar-refractivity contribution in [1.82, 2.24) is 4.98 Å². The Hall–Kier alpha value is -1.27. The van der Waals surface area contributed by atoms with E-state index in [9.17, 15) is 14.3 Å². The Labute approximate surface area is 128 Å². The summed E-state index contributed by atoms with van der Waals surface area (Å²) in [5.41, 5.74) is 0.357. The van der Waals surface area contributed by atoms with Crippen LogP contribution in [-0.2, 0) is 5.41 Å². The molecule has 6 heteroatoms. The van der Waals surface area contributed by atoms with Crippen LogP contribution in [0, 0.1) is 5.82 Å². The van der Waals surface area contributed by atoms with Crippen molar-refractivity contribution in [3.8, 4) is 10.6 Å². The van der Waals surface area contributed by atoms with Crippen LogP contribution in [0.25, 0.3) is 10.6 Å². The number of thiazole rings is 1. The highest BCUT2D eigenvalue weighted by Gasteiger charge is 2.28. The molecular formula is C14H13BrFNO2S. The molecule has 1 N–H and O–H groups in total. The van der Waals surface area contributed by atoms with E-state index in [-0.39, 0.29) is 4.88 Å². The average Bonchev–Trinajstić information content (AvgIpc) is 2.73. The maximum Gasteiger partial charge on any atom is 0.347 e. The zero-order valence-corrected chi connectivity index (χ0v) is 13.6. The SMILES string of the molecule is CC(C)(C)c1nc(-c2c(F)cccc2Br)sc1C(=O)O. The predicted molar refractivity (Wildman–Crippen MR) is 80.9 cm³/mol. The van der Waals surface area contributed by atoms with Gasteiger partial charge in [-0.2, -0.15) is 0 Å². The highest BCUT2D eigenvalue weighted by Crippen LogP contribution is 2.38. The lowest BCUT2D eigenvalue weighted by molar-refractivity contribution is 0.0699. The van der Waals surface area contributed by atoms with Crippen molar-refractivity contribution in [3.63, 3.8) is 0 Å². The lowest BCUT2D eigenvalue weighted by atomic mass is 9.91. The van der Waals surface area contributed by atoms with Gasteiger partial charge in [0.2, 0.25) is 0 Å². The van der Waals surface area contributed by atoms with Gasteiger partial charge in [-0.15, -0.1) is 11.3 Å². The first-order valence-corrected chi connectivity index (χ1v) is 7.51. The number of rotatable bonds is 2. The lowest BCUT2D eigenvalue weighted by Gasteiger charge is -2.16. The number of carbonyl (C=O) groups is 1. The molecule has 1 aromatic heterocycles. The van der Waals surface area contributed by atoms with Crippen molar-refractivity contribution in [2.45, 2.75) is 26.2 Å². The molecule has 0 radical (unpaired) electrons. The third kappa shape index (κ3) is 2.76. The molecule has 0 aliphatic carbocycles. The monoisotopic (exact) mass is 357 g/mol. The summed E-state index contributed by atoms with van der Waals surface area (Å²) in [5, 5.41) is 9.67. The first kappa shape index (κ1) is 15.1. The second kappa shape index (κ2) is 5.26. The van der Waals surface area contributed by atoms with Crippen LogP contribution in [-0.4, -0.2) is 16.1 Å². The Morgan fingerprint density at radius 3 is 2.50 bits per heavy atom. The Morgan fingerprint density at radius 2 is 2.05 bits per heavy atom. The quantitative estimate of drug-likeness (QED) is 0.846. The van der Waals surface area contributed by atoms with Gasteiger partial charge >= 0.3 is 5.97 Å². The van der Waals surface area contributed by atoms with Gasteiger partial charge in [-0.25, -0.2) is 14.2 Å². The van der Waals surface area contributed by atoms with Crippen molar-refractivity contribution in [1.29, 1.82) is 0 Å². The fraction of sp³-hybridized carbons (Fsp3) is 0.286. The van der Waals surface area contributed by atoms with Crippen LogP contribution in [0.4, 0.5) is 4.39 Å². The first-order valence-electron chi connectivity index (χ1n) is 5.91. The molecule has 0 bridgehead atoms. The number of halogens is 2. The van der Waals surface area contributed by atoms with E-state index in [1.807, 2.05) is 20.8 Å². The average molecular weight is 358 g/mol. The molecule has 0 fully saturated rings. The summed E-state index contributed by atoms with van der Waals surface area (Å²) in [6, 6.07) is 4.62. The maximum atomic E-state index is 14.0. The van der Waals surface area contributed by atoms with Crippen LogP contribution in [0.1, 0.15) is 36.1 Å². The fourth-order valence-corrected chi connectivity index (χ4v) is 3.62. The first-order chi connectivity index (χ1) is 9.21. The third-order valence-corrected chi connectivity index (χ3v) is 4.43. The third-order valence-electron chi connectivity index (χ3n) is 2.71. The van der Waals surface area contributed by atoms with Crippen molar-refractivity contribution >= 4 is 33.2 Å². The van der Waals surface area contributed by atoms with Crippen molar-refractivity contribution in [3.05, 3.63) is 39.1 Å². The van der Waals surface area contributed by atoms with E-state index >= 15 is 0 Å². The molecule has 1 heterocycles. The second-order valence-corrected chi connectivity index (χ2v) is 7.20. The van der Waals surface area contributed by atoms with E-state index in [1.165, 1.54) is 6.07 Å². The molecule has 3 nitrogen and oxygen atoms in total.